The van der Waals surface area contributed by atoms with E-state index in [0.29, 0.717) is 51.9 Å². The lowest BCUT2D eigenvalue weighted by atomic mass is 9.99. The van der Waals surface area contributed by atoms with E-state index in [1.807, 2.05) is 30.3 Å². The zero-order valence-electron chi connectivity index (χ0n) is 23.2. The van der Waals surface area contributed by atoms with Gasteiger partial charge in [0.15, 0.2) is 0 Å². The van der Waals surface area contributed by atoms with E-state index >= 15 is 0 Å². The largest absolute Gasteiger partial charge is 0.481 e. The molecule has 3 heterocycles. The van der Waals surface area contributed by atoms with Gasteiger partial charge >= 0.3 is 0 Å². The van der Waals surface area contributed by atoms with Crippen LogP contribution in [0.25, 0.3) is 22.4 Å². The summed E-state index contributed by atoms with van der Waals surface area (Å²) in [5, 5.41) is 15.9. The monoisotopic (exact) mass is 618 g/mol. The zero-order chi connectivity index (χ0) is 30.1. The van der Waals surface area contributed by atoms with Crippen LogP contribution in [0.4, 0.5) is 5.69 Å². The lowest BCUT2D eigenvalue weighted by Crippen LogP contribution is -2.36. The number of fused-ring (bicyclic) bond motifs is 1. The quantitative estimate of drug-likeness (QED) is 0.220. The van der Waals surface area contributed by atoms with Crippen molar-refractivity contribution in [1.82, 2.24) is 25.8 Å². The minimum Gasteiger partial charge on any atom is -0.481 e. The predicted octanol–water partition coefficient (Wildman–Crippen LogP) is 4.92. The molecule has 6 rings (SSSR count). The van der Waals surface area contributed by atoms with Crippen LogP contribution in [0.2, 0.25) is 10.0 Å². The van der Waals surface area contributed by atoms with Crippen LogP contribution >= 0.6 is 23.2 Å². The van der Waals surface area contributed by atoms with Crippen LogP contribution in [0.15, 0.2) is 59.5 Å². The number of aromatic nitrogens is 3. The van der Waals surface area contributed by atoms with Crippen molar-refractivity contribution in [1.29, 1.82) is 0 Å². The molecule has 2 aliphatic rings. The summed E-state index contributed by atoms with van der Waals surface area (Å²) >= 11 is 13.8. The van der Waals surface area contributed by atoms with Crippen molar-refractivity contribution < 1.29 is 14.3 Å². The number of nitrogens with zero attached hydrogens (tertiary/aromatic N) is 2. The third-order valence-corrected chi connectivity index (χ3v) is 8.65. The van der Waals surface area contributed by atoms with Crippen molar-refractivity contribution in [2.24, 2.45) is 0 Å². The maximum Gasteiger partial charge on any atom is 0.277 e. The average molecular weight is 620 g/mol. The first kappa shape index (κ1) is 28.9. The second-order valence-corrected chi connectivity index (χ2v) is 11.2. The number of amides is 2. The van der Waals surface area contributed by atoms with Crippen LogP contribution in [0.1, 0.15) is 46.8 Å². The normalized spacial score (nSPS) is 17.4. The molecule has 1 saturated heterocycles. The SMILES string of the molecule is COc1nc(-c2cccc(-c3cccc(NC(=O)c4ccn[nH]c4=O)c3Cl)c2Cl)cc2c1[C@@H](NC[C@@H]1CCC(=O)N1)CC2. The minimum absolute atomic E-state index is 0.0744. The van der Waals surface area contributed by atoms with E-state index in [4.69, 9.17) is 32.9 Å². The predicted molar refractivity (Wildman–Crippen MR) is 165 cm³/mol. The van der Waals surface area contributed by atoms with Gasteiger partial charge in [-0.05, 0) is 43.0 Å². The molecule has 4 aromatic rings. The number of pyridine rings is 1. The van der Waals surface area contributed by atoms with Crippen LogP contribution in [0.5, 0.6) is 5.88 Å². The fourth-order valence-electron chi connectivity index (χ4n) is 5.70. The van der Waals surface area contributed by atoms with Crippen LogP contribution in [0.3, 0.4) is 0 Å². The summed E-state index contributed by atoms with van der Waals surface area (Å²) in [7, 11) is 1.61. The number of aryl methyl sites for hydroxylation is 1. The lowest BCUT2D eigenvalue weighted by molar-refractivity contribution is -0.119. The molecule has 10 nitrogen and oxygen atoms in total. The Balaban J connectivity index is 1.29. The number of ether oxygens (including phenoxy) is 1. The first-order valence-corrected chi connectivity index (χ1v) is 14.6. The molecule has 220 valence electrons. The number of benzene rings is 2. The van der Waals surface area contributed by atoms with E-state index in [0.717, 1.165) is 30.4 Å². The van der Waals surface area contributed by atoms with E-state index in [2.05, 4.69) is 26.1 Å². The van der Waals surface area contributed by atoms with Crippen molar-refractivity contribution in [3.8, 4) is 28.3 Å². The average Bonchev–Trinajstić information content (AvgIpc) is 3.62. The first-order chi connectivity index (χ1) is 20.8. The fourth-order valence-corrected chi connectivity index (χ4v) is 6.30. The number of nitrogens with one attached hydrogen (secondary N) is 4. The van der Waals surface area contributed by atoms with Gasteiger partial charge in [-0.2, -0.15) is 5.10 Å². The Hall–Kier alpha value is -4.25. The van der Waals surface area contributed by atoms with Gasteiger partial charge in [-0.3, -0.25) is 14.4 Å². The molecule has 0 spiro atoms. The molecule has 2 aromatic heterocycles. The molecule has 2 atom stereocenters. The number of aromatic amines is 1. The number of hydrogen-bond donors (Lipinski definition) is 4. The zero-order valence-corrected chi connectivity index (χ0v) is 24.7. The third kappa shape index (κ3) is 5.73. The molecule has 2 amide bonds. The summed E-state index contributed by atoms with van der Waals surface area (Å²) < 4.78 is 5.76. The van der Waals surface area contributed by atoms with E-state index in [1.165, 1.54) is 12.3 Å². The highest BCUT2D eigenvalue weighted by Crippen LogP contribution is 2.44. The molecule has 0 radical (unpaired) electrons. The van der Waals surface area contributed by atoms with Gasteiger partial charge in [-0.25, -0.2) is 10.1 Å². The van der Waals surface area contributed by atoms with Gasteiger partial charge in [0.2, 0.25) is 11.8 Å². The molecule has 2 aromatic carbocycles. The summed E-state index contributed by atoms with van der Waals surface area (Å²) in [6.45, 7) is 0.688. The Morgan fingerprint density at radius 3 is 2.53 bits per heavy atom. The van der Waals surface area contributed by atoms with Gasteiger partial charge < -0.3 is 20.7 Å². The van der Waals surface area contributed by atoms with E-state index < -0.39 is 11.5 Å². The van der Waals surface area contributed by atoms with Crippen molar-refractivity contribution >= 4 is 40.7 Å². The molecular formula is C31H28Cl2N6O4. The Morgan fingerprint density at radius 1 is 1.02 bits per heavy atom. The van der Waals surface area contributed by atoms with Gasteiger partial charge in [0.25, 0.3) is 11.5 Å². The Kier molecular flexibility index (Phi) is 8.16. The van der Waals surface area contributed by atoms with Gasteiger partial charge in [0.1, 0.15) is 5.56 Å². The van der Waals surface area contributed by atoms with Crippen molar-refractivity contribution in [2.75, 3.05) is 19.0 Å². The number of hydrogen-bond acceptors (Lipinski definition) is 7. The molecule has 1 fully saturated rings. The number of carbonyl (C=O) groups excluding carboxylic acids is 2. The Morgan fingerprint density at radius 2 is 1.79 bits per heavy atom. The highest BCUT2D eigenvalue weighted by atomic mass is 35.5. The molecule has 43 heavy (non-hydrogen) atoms. The van der Waals surface area contributed by atoms with Gasteiger partial charge in [-0.1, -0.05) is 53.5 Å². The first-order valence-electron chi connectivity index (χ1n) is 13.9. The van der Waals surface area contributed by atoms with E-state index in [9.17, 15) is 14.4 Å². The van der Waals surface area contributed by atoms with Gasteiger partial charge in [0.05, 0.1) is 28.5 Å². The number of halogens is 2. The van der Waals surface area contributed by atoms with Crippen molar-refractivity contribution in [3.05, 3.63) is 91.8 Å². The Labute approximate surface area is 257 Å². The number of carbonyl (C=O) groups is 2. The summed E-state index contributed by atoms with van der Waals surface area (Å²) in [6.07, 6.45) is 4.47. The van der Waals surface area contributed by atoms with Crippen molar-refractivity contribution in [2.45, 2.75) is 37.8 Å². The minimum atomic E-state index is -0.613. The molecule has 4 N–H and O–H groups in total. The molecule has 0 unspecified atom stereocenters. The van der Waals surface area contributed by atoms with Crippen LogP contribution < -0.4 is 26.2 Å². The molecule has 12 heteroatoms. The smallest absolute Gasteiger partial charge is 0.277 e. The topological polar surface area (TPSA) is 138 Å². The summed E-state index contributed by atoms with van der Waals surface area (Å²) in [4.78, 5) is 41.2. The van der Waals surface area contributed by atoms with E-state index in [1.54, 1.807) is 19.2 Å². The molecule has 0 saturated carbocycles. The standard InChI is InChI=1S/C31H28Cl2N6O4/c1-43-31-26-16(8-10-22(26)34-15-17-9-11-25(40)36-17)14-24(38-31)20-6-2-4-18(27(20)32)19-5-3-7-23(28(19)33)37-29(41)21-12-13-35-39-30(21)42/h2-7,12-14,17,22,34H,8-11,15H2,1H3,(H,36,40)(H,37,41)(H,39,42)/t17-,22-/m0/s1. The van der Waals surface area contributed by atoms with Crippen LogP contribution in [-0.4, -0.2) is 46.7 Å². The molecule has 0 bridgehead atoms. The highest BCUT2D eigenvalue weighted by Gasteiger charge is 2.30. The number of anilines is 1. The molecule has 1 aliphatic heterocycles. The summed E-state index contributed by atoms with van der Waals surface area (Å²) in [6, 6.07) is 14.4. The second kappa shape index (κ2) is 12.2. The number of methoxy groups -OCH3 is 1. The van der Waals surface area contributed by atoms with Crippen molar-refractivity contribution in [3.63, 3.8) is 0 Å². The van der Waals surface area contributed by atoms with Crippen LogP contribution in [-0.2, 0) is 11.2 Å². The third-order valence-electron chi connectivity index (χ3n) is 7.83. The van der Waals surface area contributed by atoms with Gasteiger partial charge in [0, 0.05) is 53.5 Å². The number of rotatable bonds is 8. The second-order valence-electron chi connectivity index (χ2n) is 10.5. The highest BCUT2D eigenvalue weighted by molar-refractivity contribution is 6.39. The van der Waals surface area contributed by atoms with Crippen LogP contribution in [0, 0.1) is 0 Å². The molecule has 1 aliphatic carbocycles. The lowest BCUT2D eigenvalue weighted by Gasteiger charge is -2.20. The fraction of sp³-hybridized carbons (Fsp3) is 0.258. The Bertz CT molecular complexity index is 1790. The molecular weight excluding hydrogens is 591 g/mol. The van der Waals surface area contributed by atoms with Gasteiger partial charge in [-0.15, -0.1) is 0 Å². The van der Waals surface area contributed by atoms with E-state index in [-0.39, 0.29) is 28.6 Å². The summed E-state index contributed by atoms with van der Waals surface area (Å²) in [5.41, 5.74) is 4.43. The summed E-state index contributed by atoms with van der Waals surface area (Å²) in [5.74, 6) is 0.0204. The maximum atomic E-state index is 12.8. The maximum absolute atomic E-state index is 12.8. The number of H-pyrrole nitrogens is 1.